The number of rotatable bonds is 2. The number of hydrogen-bond acceptors (Lipinski definition) is 3. The number of nitrogens with zero attached hydrogens (tertiary/aromatic N) is 1. The first-order valence-electron chi connectivity index (χ1n) is 8.27. The molecule has 4 fully saturated rings. The van der Waals surface area contributed by atoms with Crippen molar-refractivity contribution in [2.45, 2.75) is 18.9 Å². The van der Waals surface area contributed by atoms with Gasteiger partial charge in [0.15, 0.2) is 0 Å². The fourth-order valence-electron chi connectivity index (χ4n) is 4.98. The lowest BCUT2D eigenvalue weighted by Crippen LogP contribution is -2.60. The summed E-state index contributed by atoms with van der Waals surface area (Å²) in [5.41, 5.74) is 1.66. The molecule has 0 amide bonds. The lowest BCUT2D eigenvalue weighted by molar-refractivity contribution is -0.116. The highest BCUT2D eigenvalue weighted by Crippen LogP contribution is 2.45. The second-order valence-corrected chi connectivity index (χ2v) is 7.19. The van der Waals surface area contributed by atoms with Crippen LogP contribution in [0, 0.1) is 17.8 Å². The van der Waals surface area contributed by atoms with E-state index in [1.807, 2.05) is 24.3 Å². The first kappa shape index (κ1) is 12.7. The smallest absolute Gasteiger partial charge is 0.340 e. The third kappa shape index (κ3) is 1.83. The number of esters is 1. The summed E-state index contributed by atoms with van der Waals surface area (Å²) in [4.78, 5) is 18.4. The molecule has 1 saturated carbocycles. The first-order chi connectivity index (χ1) is 10.8. The highest BCUT2D eigenvalue weighted by molar-refractivity contribution is 6.04. The van der Waals surface area contributed by atoms with Crippen molar-refractivity contribution in [2.75, 3.05) is 19.6 Å². The van der Waals surface area contributed by atoms with Crippen LogP contribution in [0.15, 0.2) is 30.5 Å². The maximum absolute atomic E-state index is 12.7. The maximum atomic E-state index is 12.7. The van der Waals surface area contributed by atoms with E-state index in [1.54, 1.807) is 6.20 Å². The van der Waals surface area contributed by atoms with Crippen LogP contribution in [0.25, 0.3) is 10.9 Å². The maximum Gasteiger partial charge on any atom is 0.340 e. The van der Waals surface area contributed by atoms with Crippen molar-refractivity contribution in [1.29, 1.82) is 0 Å². The molecule has 2 unspecified atom stereocenters. The van der Waals surface area contributed by atoms with E-state index in [2.05, 4.69) is 9.88 Å². The van der Waals surface area contributed by atoms with Crippen LogP contribution in [0.1, 0.15) is 23.2 Å². The van der Waals surface area contributed by atoms with Gasteiger partial charge in [0.25, 0.3) is 0 Å². The van der Waals surface area contributed by atoms with E-state index in [4.69, 9.17) is 4.74 Å². The van der Waals surface area contributed by atoms with Crippen molar-refractivity contribution in [1.82, 2.24) is 9.88 Å². The largest absolute Gasteiger partial charge is 0.458 e. The topological polar surface area (TPSA) is 45.3 Å². The van der Waals surface area contributed by atoms with E-state index >= 15 is 0 Å². The van der Waals surface area contributed by atoms with Crippen LogP contribution < -0.4 is 0 Å². The van der Waals surface area contributed by atoms with E-state index in [-0.39, 0.29) is 12.1 Å². The normalized spacial score (nSPS) is 35.9. The van der Waals surface area contributed by atoms with E-state index in [0.717, 1.165) is 29.9 Å². The molecule has 2 atom stereocenters. The molecule has 1 aliphatic carbocycles. The van der Waals surface area contributed by atoms with Gasteiger partial charge in [0.1, 0.15) is 6.10 Å². The molecule has 3 aliphatic heterocycles. The summed E-state index contributed by atoms with van der Waals surface area (Å²) in [6.07, 6.45) is 4.37. The summed E-state index contributed by atoms with van der Waals surface area (Å²) in [5.74, 6) is 1.76. The van der Waals surface area contributed by atoms with Gasteiger partial charge in [-0.25, -0.2) is 4.79 Å². The number of carbonyl (C=O) groups is 1. The molecular formula is C18H20N2O2. The minimum absolute atomic E-state index is 0.119. The molecule has 0 radical (unpaired) electrons. The molecule has 4 bridgehead atoms. The molecule has 2 aromatic rings. The number of aromatic amines is 1. The predicted octanol–water partition coefficient (Wildman–Crippen LogP) is 2.66. The molecule has 3 saturated heterocycles. The summed E-state index contributed by atoms with van der Waals surface area (Å²) in [7, 11) is 0. The Kier molecular flexibility index (Phi) is 2.65. The van der Waals surface area contributed by atoms with Crippen molar-refractivity contribution < 1.29 is 9.53 Å². The van der Waals surface area contributed by atoms with Gasteiger partial charge in [0.2, 0.25) is 0 Å². The van der Waals surface area contributed by atoms with Gasteiger partial charge >= 0.3 is 5.97 Å². The summed E-state index contributed by atoms with van der Waals surface area (Å²) < 4.78 is 5.99. The molecule has 1 aromatic carbocycles. The lowest BCUT2D eigenvalue weighted by Gasteiger charge is -2.55. The van der Waals surface area contributed by atoms with Crippen molar-refractivity contribution >= 4 is 16.9 Å². The minimum Gasteiger partial charge on any atom is -0.458 e. The Morgan fingerprint density at radius 2 is 1.91 bits per heavy atom. The number of ether oxygens (including phenoxy) is 1. The Morgan fingerprint density at radius 1 is 1.14 bits per heavy atom. The van der Waals surface area contributed by atoms with Crippen LogP contribution >= 0.6 is 0 Å². The summed E-state index contributed by atoms with van der Waals surface area (Å²) >= 11 is 0. The highest BCUT2D eigenvalue weighted by atomic mass is 16.5. The number of fused-ring (bicyclic) bond motifs is 1. The Bertz CT molecular complexity index is 708. The number of piperidine rings is 3. The number of hydrogen-bond donors (Lipinski definition) is 1. The zero-order valence-electron chi connectivity index (χ0n) is 12.5. The number of para-hydroxylation sites is 1. The third-order valence-corrected chi connectivity index (χ3v) is 5.76. The van der Waals surface area contributed by atoms with Gasteiger partial charge in [0.05, 0.1) is 5.56 Å². The molecule has 114 valence electrons. The summed E-state index contributed by atoms with van der Waals surface area (Å²) in [5, 5.41) is 0.958. The van der Waals surface area contributed by atoms with Crippen LogP contribution in [-0.4, -0.2) is 41.6 Å². The van der Waals surface area contributed by atoms with Gasteiger partial charge in [-0.3, -0.25) is 0 Å². The van der Waals surface area contributed by atoms with Crippen LogP contribution in [0.2, 0.25) is 0 Å². The standard InChI is InChI=1S/C18H20N2O2/c21-18(15-7-19-16-4-2-1-3-14(15)16)22-17-12-5-11-6-13(17)10-20(8-11)9-12/h1-4,7,11-13,17,19H,5-6,8-10H2. The van der Waals surface area contributed by atoms with Crippen LogP contribution in [0.4, 0.5) is 0 Å². The SMILES string of the molecule is O=C(OC1C2CC3CC1CN(C3)C2)c1c[nH]c2ccccc12. The van der Waals surface area contributed by atoms with E-state index < -0.39 is 0 Å². The molecule has 22 heavy (non-hydrogen) atoms. The van der Waals surface area contributed by atoms with Crippen LogP contribution in [0.5, 0.6) is 0 Å². The molecule has 4 aliphatic rings. The first-order valence-corrected chi connectivity index (χ1v) is 8.27. The Balaban J connectivity index is 1.41. The average molecular weight is 296 g/mol. The number of carbonyl (C=O) groups excluding carboxylic acids is 1. The zero-order chi connectivity index (χ0) is 14.7. The third-order valence-electron chi connectivity index (χ3n) is 5.76. The Hall–Kier alpha value is -1.81. The average Bonchev–Trinajstić information content (AvgIpc) is 2.94. The van der Waals surface area contributed by atoms with Crippen molar-refractivity contribution in [3.63, 3.8) is 0 Å². The molecular weight excluding hydrogens is 276 g/mol. The second kappa shape index (κ2) is 4.59. The monoisotopic (exact) mass is 296 g/mol. The number of H-pyrrole nitrogens is 1. The Labute approximate surface area is 129 Å². The zero-order valence-corrected chi connectivity index (χ0v) is 12.5. The number of aromatic nitrogens is 1. The summed E-state index contributed by atoms with van der Waals surface area (Å²) in [6.45, 7) is 3.48. The lowest BCUT2D eigenvalue weighted by atomic mass is 9.66. The molecule has 4 heteroatoms. The fraction of sp³-hybridized carbons (Fsp3) is 0.500. The van der Waals surface area contributed by atoms with E-state index in [9.17, 15) is 4.79 Å². The Morgan fingerprint density at radius 3 is 2.68 bits per heavy atom. The molecule has 4 nitrogen and oxygen atoms in total. The fourth-order valence-corrected chi connectivity index (χ4v) is 4.98. The quantitative estimate of drug-likeness (QED) is 0.867. The second-order valence-electron chi connectivity index (χ2n) is 7.19. The van der Waals surface area contributed by atoms with Crippen molar-refractivity contribution in [3.05, 3.63) is 36.0 Å². The molecule has 1 aromatic heterocycles. The van der Waals surface area contributed by atoms with E-state index in [0.29, 0.717) is 17.4 Å². The highest BCUT2D eigenvalue weighted by Gasteiger charge is 2.49. The van der Waals surface area contributed by atoms with Gasteiger partial charge < -0.3 is 14.6 Å². The van der Waals surface area contributed by atoms with Gasteiger partial charge in [-0.15, -0.1) is 0 Å². The summed E-state index contributed by atoms with van der Waals surface area (Å²) in [6, 6.07) is 7.90. The van der Waals surface area contributed by atoms with E-state index in [1.165, 1.54) is 19.4 Å². The minimum atomic E-state index is -0.162. The molecule has 6 rings (SSSR count). The van der Waals surface area contributed by atoms with Gasteiger partial charge in [0, 0.05) is 48.6 Å². The molecule has 1 N–H and O–H groups in total. The van der Waals surface area contributed by atoms with Gasteiger partial charge in [-0.1, -0.05) is 18.2 Å². The van der Waals surface area contributed by atoms with Gasteiger partial charge in [-0.2, -0.15) is 0 Å². The molecule has 4 heterocycles. The van der Waals surface area contributed by atoms with Crippen molar-refractivity contribution in [2.24, 2.45) is 17.8 Å². The number of nitrogens with one attached hydrogen (secondary N) is 1. The van der Waals surface area contributed by atoms with Gasteiger partial charge in [-0.05, 0) is 24.8 Å². The number of benzene rings is 1. The van der Waals surface area contributed by atoms with Crippen LogP contribution in [0.3, 0.4) is 0 Å². The predicted molar refractivity (Wildman–Crippen MR) is 83.6 cm³/mol. The van der Waals surface area contributed by atoms with Crippen LogP contribution in [-0.2, 0) is 4.74 Å². The molecule has 0 spiro atoms. The van der Waals surface area contributed by atoms with Crippen molar-refractivity contribution in [3.8, 4) is 0 Å².